The Bertz CT molecular complexity index is 1130. The smallest absolute Gasteiger partial charge is 0.252 e. The molecule has 0 aliphatic heterocycles. The van der Waals surface area contributed by atoms with Crippen molar-refractivity contribution >= 4 is 51.9 Å². The van der Waals surface area contributed by atoms with Crippen molar-refractivity contribution in [3.05, 3.63) is 53.1 Å². The molecule has 0 radical (unpaired) electrons. The van der Waals surface area contributed by atoms with E-state index in [1.807, 2.05) is 55.6 Å². The summed E-state index contributed by atoms with van der Waals surface area (Å²) >= 11 is 7.84. The van der Waals surface area contributed by atoms with Crippen LogP contribution in [0.25, 0.3) is 10.9 Å². The van der Waals surface area contributed by atoms with Crippen molar-refractivity contribution in [3.8, 4) is 0 Å². The topological polar surface area (TPSA) is 70.2 Å². The van der Waals surface area contributed by atoms with Crippen molar-refractivity contribution in [3.63, 3.8) is 0 Å². The van der Waals surface area contributed by atoms with Crippen LogP contribution in [0.15, 0.2) is 47.4 Å². The Kier molecular flexibility index (Phi) is 7.60. The van der Waals surface area contributed by atoms with E-state index in [0.717, 1.165) is 47.3 Å². The Hall–Kier alpha value is -2.51. The van der Waals surface area contributed by atoms with E-state index in [1.54, 1.807) is 17.8 Å². The molecule has 1 aliphatic carbocycles. The van der Waals surface area contributed by atoms with Gasteiger partial charge < -0.3 is 15.5 Å². The minimum Gasteiger partial charge on any atom is -0.362 e. The SMILES string of the molecule is CSc1ccc(Cl)c(C(=O)NC[C@H]2CC[C@@H](Nc3nc(N(C)C)c4ccccc4n3)CC2)c1. The van der Waals surface area contributed by atoms with Gasteiger partial charge in [-0.1, -0.05) is 23.7 Å². The molecule has 6 nitrogen and oxygen atoms in total. The van der Waals surface area contributed by atoms with Gasteiger partial charge in [-0.15, -0.1) is 11.8 Å². The summed E-state index contributed by atoms with van der Waals surface area (Å²) in [6.07, 6.45) is 6.13. The zero-order valence-electron chi connectivity index (χ0n) is 19.3. The lowest BCUT2D eigenvalue weighted by Crippen LogP contribution is -2.34. The molecule has 33 heavy (non-hydrogen) atoms. The van der Waals surface area contributed by atoms with Crippen molar-refractivity contribution in [2.45, 2.75) is 36.6 Å². The lowest BCUT2D eigenvalue weighted by atomic mass is 9.86. The third-order valence-electron chi connectivity index (χ3n) is 6.16. The fraction of sp³-hybridized carbons (Fsp3) is 0.400. The summed E-state index contributed by atoms with van der Waals surface area (Å²) in [5.74, 6) is 1.96. The number of anilines is 2. The number of hydrogen-bond donors (Lipinski definition) is 2. The first kappa shape index (κ1) is 23.6. The number of benzene rings is 2. The molecule has 1 aliphatic rings. The second-order valence-electron chi connectivity index (χ2n) is 8.70. The molecule has 4 rings (SSSR count). The highest BCUT2D eigenvalue weighted by Gasteiger charge is 2.23. The Morgan fingerprint density at radius 3 is 2.61 bits per heavy atom. The maximum Gasteiger partial charge on any atom is 0.252 e. The van der Waals surface area contributed by atoms with E-state index < -0.39 is 0 Å². The number of amides is 1. The van der Waals surface area contributed by atoms with Crippen LogP contribution in [0, 0.1) is 5.92 Å². The Morgan fingerprint density at radius 2 is 1.88 bits per heavy atom. The van der Waals surface area contributed by atoms with Crippen molar-refractivity contribution < 1.29 is 4.79 Å². The number of rotatable bonds is 7. The summed E-state index contributed by atoms with van der Waals surface area (Å²) < 4.78 is 0. The Labute approximate surface area is 204 Å². The number of hydrogen-bond acceptors (Lipinski definition) is 6. The van der Waals surface area contributed by atoms with Gasteiger partial charge in [-0.05, 0) is 68.2 Å². The molecule has 0 unspecified atom stereocenters. The standard InChI is InChI=1S/C25H30ClN5OS/c1-31(2)23-19-6-4-5-7-22(19)29-25(30-23)28-17-10-8-16(9-11-17)15-27-24(32)20-14-18(33-3)12-13-21(20)26/h4-7,12-14,16-17H,8-11,15H2,1-3H3,(H,27,32)(H,28,29,30)/t16-,17+. The van der Waals surface area contributed by atoms with E-state index in [1.165, 1.54) is 0 Å². The number of fused-ring (bicyclic) bond motifs is 1. The quantitative estimate of drug-likeness (QED) is 0.434. The minimum absolute atomic E-state index is 0.100. The maximum atomic E-state index is 12.6. The molecule has 8 heteroatoms. The fourth-order valence-corrected chi connectivity index (χ4v) is 4.94. The molecule has 1 aromatic heterocycles. The Balaban J connectivity index is 1.32. The molecule has 0 spiro atoms. The van der Waals surface area contributed by atoms with Gasteiger partial charge in [0.2, 0.25) is 5.95 Å². The third kappa shape index (κ3) is 5.71. The molecule has 1 saturated carbocycles. The van der Waals surface area contributed by atoms with Crippen LogP contribution < -0.4 is 15.5 Å². The highest BCUT2D eigenvalue weighted by molar-refractivity contribution is 7.98. The summed E-state index contributed by atoms with van der Waals surface area (Å²) in [5.41, 5.74) is 1.49. The number of aromatic nitrogens is 2. The highest BCUT2D eigenvalue weighted by atomic mass is 35.5. The number of carbonyl (C=O) groups excluding carboxylic acids is 1. The van der Waals surface area contributed by atoms with Crippen molar-refractivity contribution in [1.29, 1.82) is 0 Å². The monoisotopic (exact) mass is 483 g/mol. The molecule has 2 N–H and O–H groups in total. The molecular weight excluding hydrogens is 454 g/mol. The maximum absolute atomic E-state index is 12.6. The second kappa shape index (κ2) is 10.6. The van der Waals surface area contributed by atoms with Crippen LogP contribution in [0.4, 0.5) is 11.8 Å². The number of nitrogens with one attached hydrogen (secondary N) is 2. The molecule has 3 aromatic rings. The number of thioether (sulfide) groups is 1. The van der Waals surface area contributed by atoms with Crippen LogP contribution in [0.2, 0.25) is 5.02 Å². The van der Waals surface area contributed by atoms with Gasteiger partial charge in [0.05, 0.1) is 16.1 Å². The molecular formula is C25H30ClN5OS. The molecule has 2 aromatic carbocycles. The van der Waals surface area contributed by atoms with Crippen LogP contribution in [0.3, 0.4) is 0 Å². The molecule has 0 bridgehead atoms. The van der Waals surface area contributed by atoms with Crippen molar-refractivity contribution in [2.75, 3.05) is 37.1 Å². The first-order chi connectivity index (χ1) is 15.9. The summed E-state index contributed by atoms with van der Waals surface area (Å²) in [6, 6.07) is 14.0. The molecule has 0 saturated heterocycles. The first-order valence-electron chi connectivity index (χ1n) is 11.3. The van der Waals surface area contributed by atoms with Crippen LogP contribution in [-0.4, -0.2) is 48.8 Å². The van der Waals surface area contributed by atoms with Crippen molar-refractivity contribution in [1.82, 2.24) is 15.3 Å². The lowest BCUT2D eigenvalue weighted by molar-refractivity contribution is 0.0943. The van der Waals surface area contributed by atoms with E-state index in [9.17, 15) is 4.79 Å². The number of halogens is 1. The fourth-order valence-electron chi connectivity index (χ4n) is 4.30. The van der Waals surface area contributed by atoms with E-state index >= 15 is 0 Å². The zero-order chi connectivity index (χ0) is 23.4. The number of nitrogens with zero attached hydrogens (tertiary/aromatic N) is 3. The number of carbonyl (C=O) groups is 1. The average molecular weight is 484 g/mol. The van der Waals surface area contributed by atoms with E-state index in [-0.39, 0.29) is 5.91 Å². The minimum atomic E-state index is -0.100. The van der Waals surface area contributed by atoms with Gasteiger partial charge in [0.1, 0.15) is 5.82 Å². The highest BCUT2D eigenvalue weighted by Crippen LogP contribution is 2.28. The van der Waals surface area contributed by atoms with Gasteiger partial charge in [-0.2, -0.15) is 4.98 Å². The third-order valence-corrected chi connectivity index (χ3v) is 7.21. The van der Waals surface area contributed by atoms with Gasteiger partial charge >= 0.3 is 0 Å². The van der Waals surface area contributed by atoms with Crippen LogP contribution in [0.5, 0.6) is 0 Å². The molecule has 1 fully saturated rings. The summed E-state index contributed by atoms with van der Waals surface area (Å²) in [5, 5.41) is 8.17. The summed E-state index contributed by atoms with van der Waals surface area (Å²) in [7, 11) is 4.01. The van der Waals surface area contributed by atoms with Crippen molar-refractivity contribution in [2.24, 2.45) is 5.92 Å². The average Bonchev–Trinajstić information content (AvgIpc) is 2.83. The molecule has 1 heterocycles. The van der Waals surface area contributed by atoms with Gasteiger partial charge in [0, 0.05) is 37.0 Å². The first-order valence-corrected chi connectivity index (χ1v) is 12.9. The second-order valence-corrected chi connectivity index (χ2v) is 9.99. The molecule has 1 amide bonds. The van der Waals surface area contributed by atoms with E-state index in [2.05, 4.69) is 16.7 Å². The summed E-state index contributed by atoms with van der Waals surface area (Å²) in [4.78, 5) is 25.2. The van der Waals surface area contributed by atoms with Crippen LogP contribution in [-0.2, 0) is 0 Å². The normalized spacial score (nSPS) is 18.2. The van der Waals surface area contributed by atoms with E-state index in [0.29, 0.717) is 35.0 Å². The lowest BCUT2D eigenvalue weighted by Gasteiger charge is -2.29. The predicted molar refractivity (Wildman–Crippen MR) is 139 cm³/mol. The molecule has 0 atom stereocenters. The van der Waals surface area contributed by atoms with E-state index in [4.69, 9.17) is 21.6 Å². The summed E-state index contributed by atoms with van der Waals surface area (Å²) in [6.45, 7) is 0.669. The zero-order valence-corrected chi connectivity index (χ0v) is 20.8. The van der Waals surface area contributed by atoms with Crippen LogP contribution >= 0.6 is 23.4 Å². The van der Waals surface area contributed by atoms with Crippen LogP contribution in [0.1, 0.15) is 36.0 Å². The van der Waals surface area contributed by atoms with Gasteiger partial charge in [0.25, 0.3) is 5.91 Å². The van der Waals surface area contributed by atoms with Gasteiger partial charge in [-0.25, -0.2) is 4.98 Å². The number of para-hydroxylation sites is 1. The largest absolute Gasteiger partial charge is 0.362 e. The van der Waals surface area contributed by atoms with Gasteiger partial charge in [0.15, 0.2) is 0 Å². The van der Waals surface area contributed by atoms with Gasteiger partial charge in [-0.3, -0.25) is 4.79 Å². The predicted octanol–water partition coefficient (Wildman–Crippen LogP) is 5.47. The molecule has 174 valence electrons. The Morgan fingerprint density at radius 1 is 1.12 bits per heavy atom.